The van der Waals surface area contributed by atoms with Gasteiger partial charge in [-0.2, -0.15) is 4.31 Å². The molecule has 3 aliphatic rings. The highest BCUT2D eigenvalue weighted by atomic mass is 32.2. The van der Waals surface area contributed by atoms with Gasteiger partial charge in [-0.1, -0.05) is 47.5 Å². The van der Waals surface area contributed by atoms with Crippen LogP contribution in [0.1, 0.15) is 55.5 Å². The number of para-hydroxylation sites is 2. The number of aromatic nitrogens is 2. The third kappa shape index (κ3) is 5.53. The number of piperidine rings is 3. The lowest BCUT2D eigenvalue weighted by atomic mass is 9.70. The molecule has 3 aliphatic heterocycles. The number of fused-ring (bicyclic) bond motifs is 1. The van der Waals surface area contributed by atoms with E-state index in [0.717, 1.165) is 49.9 Å². The van der Waals surface area contributed by atoms with Crippen LogP contribution < -0.4 is 0 Å². The van der Waals surface area contributed by atoms with Crippen molar-refractivity contribution in [3.05, 3.63) is 89.7 Å². The van der Waals surface area contributed by atoms with Crippen molar-refractivity contribution < 1.29 is 16.8 Å². The molecule has 0 radical (unpaired) electrons. The van der Waals surface area contributed by atoms with Crippen LogP contribution >= 0.6 is 0 Å². The Hall–Kier alpha value is -3.05. The average Bonchev–Trinajstić information content (AvgIpc) is 3.42. The largest absolute Gasteiger partial charge is 0.300 e. The van der Waals surface area contributed by atoms with Crippen molar-refractivity contribution in [1.29, 1.82) is 0 Å². The SMILES string of the molecule is Cc1ccc(S(=O)(=O)N2C[C@@H]3CCCN4CCC[C@@H]([C@H]34)[C@H]2CCCc2nc3ccccc3n2S(=O)(=O)c2ccc(C)cc2)cc1. The summed E-state index contributed by atoms with van der Waals surface area (Å²) in [5.74, 6) is 1.08. The monoisotopic (exact) mass is 646 g/mol. The van der Waals surface area contributed by atoms with Crippen molar-refractivity contribution >= 4 is 31.1 Å². The Morgan fingerprint density at radius 2 is 1.40 bits per heavy atom. The molecule has 4 aromatic rings. The maximum absolute atomic E-state index is 14.3. The molecule has 0 N–H and O–H groups in total. The molecule has 7 rings (SSSR count). The summed E-state index contributed by atoms with van der Waals surface area (Å²) in [6.07, 6.45) is 5.98. The second-order valence-electron chi connectivity index (χ2n) is 13.2. The summed E-state index contributed by atoms with van der Waals surface area (Å²) in [4.78, 5) is 8.00. The Balaban J connectivity index is 1.22. The number of hydrogen-bond acceptors (Lipinski definition) is 6. The maximum atomic E-state index is 14.3. The fourth-order valence-electron chi connectivity index (χ4n) is 8.20. The molecule has 3 fully saturated rings. The van der Waals surface area contributed by atoms with E-state index >= 15 is 0 Å². The van der Waals surface area contributed by atoms with Gasteiger partial charge in [0.25, 0.3) is 10.0 Å². The van der Waals surface area contributed by atoms with E-state index in [9.17, 15) is 16.8 Å². The van der Waals surface area contributed by atoms with Gasteiger partial charge >= 0.3 is 0 Å². The topological polar surface area (TPSA) is 92.6 Å². The van der Waals surface area contributed by atoms with Gasteiger partial charge < -0.3 is 0 Å². The van der Waals surface area contributed by atoms with Crippen LogP contribution in [0.25, 0.3) is 11.0 Å². The molecule has 3 saturated heterocycles. The zero-order chi connectivity index (χ0) is 31.3. The van der Waals surface area contributed by atoms with Crippen molar-refractivity contribution in [3.8, 4) is 0 Å². The van der Waals surface area contributed by atoms with E-state index in [1.54, 1.807) is 30.3 Å². The number of hydrogen-bond donors (Lipinski definition) is 0. The molecule has 3 aromatic carbocycles. The van der Waals surface area contributed by atoms with Crippen molar-refractivity contribution in [2.24, 2.45) is 11.8 Å². The van der Waals surface area contributed by atoms with Crippen LogP contribution in [0, 0.1) is 25.7 Å². The molecule has 0 saturated carbocycles. The number of aryl methyl sites for hydroxylation is 3. The highest BCUT2D eigenvalue weighted by Gasteiger charge is 2.51. The Kier molecular flexibility index (Phi) is 8.13. The molecule has 238 valence electrons. The van der Waals surface area contributed by atoms with Crippen LogP contribution in [-0.4, -0.2) is 66.7 Å². The molecule has 0 spiro atoms. The molecule has 8 nitrogen and oxygen atoms in total. The Bertz CT molecular complexity index is 1900. The summed E-state index contributed by atoms with van der Waals surface area (Å²) in [5.41, 5.74) is 3.21. The third-order valence-corrected chi connectivity index (χ3v) is 14.0. The molecule has 0 amide bonds. The van der Waals surface area contributed by atoms with Crippen LogP contribution in [0.2, 0.25) is 0 Å². The van der Waals surface area contributed by atoms with Gasteiger partial charge in [0.2, 0.25) is 10.0 Å². The van der Waals surface area contributed by atoms with Crippen LogP contribution in [0.4, 0.5) is 0 Å². The smallest absolute Gasteiger partial charge is 0.269 e. The molecule has 4 atom stereocenters. The highest BCUT2D eigenvalue weighted by molar-refractivity contribution is 7.90. The molecule has 1 aromatic heterocycles. The van der Waals surface area contributed by atoms with E-state index < -0.39 is 20.0 Å². The van der Waals surface area contributed by atoms with E-state index in [1.807, 2.05) is 60.6 Å². The van der Waals surface area contributed by atoms with Gasteiger partial charge in [-0.05, 0) is 114 Å². The summed E-state index contributed by atoms with van der Waals surface area (Å²) < 4.78 is 59.8. The van der Waals surface area contributed by atoms with Gasteiger partial charge in [0.15, 0.2) is 0 Å². The predicted octanol–water partition coefficient (Wildman–Crippen LogP) is 5.78. The fraction of sp³-hybridized carbons (Fsp3) is 0.457. The van der Waals surface area contributed by atoms with E-state index in [4.69, 9.17) is 4.98 Å². The average molecular weight is 647 g/mol. The van der Waals surface area contributed by atoms with Gasteiger partial charge in [0, 0.05) is 25.0 Å². The minimum Gasteiger partial charge on any atom is -0.300 e. The Labute approximate surface area is 267 Å². The molecular weight excluding hydrogens is 605 g/mol. The van der Waals surface area contributed by atoms with E-state index in [-0.39, 0.29) is 16.9 Å². The minimum atomic E-state index is -3.89. The zero-order valence-corrected chi connectivity index (χ0v) is 27.7. The van der Waals surface area contributed by atoms with Crippen molar-refractivity contribution in [1.82, 2.24) is 18.2 Å². The summed E-state index contributed by atoms with van der Waals surface area (Å²) in [5, 5.41) is 0. The first-order valence-corrected chi connectivity index (χ1v) is 19.1. The molecular formula is C35H42N4O4S2. The van der Waals surface area contributed by atoms with Gasteiger partial charge in [-0.15, -0.1) is 0 Å². The Morgan fingerprint density at radius 3 is 2.09 bits per heavy atom. The fourth-order valence-corrected chi connectivity index (χ4v) is 11.5. The second kappa shape index (κ2) is 12.0. The van der Waals surface area contributed by atoms with E-state index in [2.05, 4.69) is 4.90 Å². The van der Waals surface area contributed by atoms with Crippen molar-refractivity contribution in [3.63, 3.8) is 0 Å². The molecule has 4 heterocycles. The maximum Gasteiger partial charge on any atom is 0.269 e. The number of rotatable bonds is 8. The minimum absolute atomic E-state index is 0.148. The summed E-state index contributed by atoms with van der Waals surface area (Å²) in [6, 6.07) is 21.7. The van der Waals surface area contributed by atoms with E-state index in [0.29, 0.717) is 59.5 Å². The van der Waals surface area contributed by atoms with E-state index in [1.165, 1.54) is 3.97 Å². The molecule has 10 heteroatoms. The number of imidazole rings is 1. The van der Waals surface area contributed by atoms with Gasteiger partial charge in [0.1, 0.15) is 5.82 Å². The first-order chi connectivity index (χ1) is 21.6. The Morgan fingerprint density at radius 1 is 0.778 bits per heavy atom. The lowest BCUT2D eigenvalue weighted by molar-refractivity contribution is -0.0523. The van der Waals surface area contributed by atoms with Gasteiger partial charge in [0.05, 0.1) is 20.8 Å². The number of sulfonamides is 1. The molecule has 0 aliphatic carbocycles. The van der Waals surface area contributed by atoms with Crippen molar-refractivity contribution in [2.45, 2.75) is 80.7 Å². The predicted molar refractivity (Wildman–Crippen MR) is 176 cm³/mol. The first kappa shape index (κ1) is 30.6. The van der Waals surface area contributed by atoms with Crippen LogP contribution in [0.5, 0.6) is 0 Å². The number of benzene rings is 3. The third-order valence-electron chi connectivity index (χ3n) is 10.3. The summed E-state index contributed by atoms with van der Waals surface area (Å²) in [7, 11) is -7.59. The highest BCUT2D eigenvalue weighted by Crippen LogP contribution is 2.45. The molecule has 0 unspecified atom stereocenters. The standard InChI is InChI=1S/C35H42N4O4S2/c1-25-14-18-28(19-15-25)44(40,41)38-24-27-8-6-22-37-23-7-9-30(35(27)37)32(38)12-5-13-34-36-31-10-3-4-11-33(31)39(34)45(42,43)29-20-16-26(2)17-21-29/h3-4,10-11,14-21,27,30,32,35H,5-9,12-13,22-24H2,1-2H3/t27-,30+,32+,35-/m0/s1. The van der Waals surface area contributed by atoms with Crippen LogP contribution in [0.15, 0.2) is 82.6 Å². The summed E-state index contributed by atoms with van der Waals surface area (Å²) in [6.45, 7) is 6.63. The quantitative estimate of drug-likeness (QED) is 0.241. The molecule has 0 bridgehead atoms. The first-order valence-electron chi connectivity index (χ1n) is 16.3. The van der Waals surface area contributed by atoms with Crippen LogP contribution in [0.3, 0.4) is 0 Å². The van der Waals surface area contributed by atoms with Crippen LogP contribution in [-0.2, 0) is 26.5 Å². The van der Waals surface area contributed by atoms with Gasteiger partial charge in [-0.3, -0.25) is 4.90 Å². The summed E-state index contributed by atoms with van der Waals surface area (Å²) >= 11 is 0. The van der Waals surface area contributed by atoms with Crippen molar-refractivity contribution in [2.75, 3.05) is 19.6 Å². The second-order valence-corrected chi connectivity index (χ2v) is 16.9. The molecule has 45 heavy (non-hydrogen) atoms. The lowest BCUT2D eigenvalue weighted by Gasteiger charge is -2.57. The normalized spacial score (nSPS) is 24.5. The number of nitrogens with zero attached hydrogens (tertiary/aromatic N) is 4. The van der Waals surface area contributed by atoms with Gasteiger partial charge in [-0.25, -0.2) is 25.8 Å². The lowest BCUT2D eigenvalue weighted by Crippen LogP contribution is -2.65. The zero-order valence-electron chi connectivity index (χ0n) is 26.0.